The van der Waals surface area contributed by atoms with Gasteiger partial charge in [0.05, 0.1) is 12.2 Å². The molecule has 1 aliphatic heterocycles. The van der Waals surface area contributed by atoms with Crippen molar-refractivity contribution in [2.45, 2.75) is 26.1 Å². The predicted molar refractivity (Wildman–Crippen MR) is 61.3 cm³/mol. The Morgan fingerprint density at radius 3 is 2.27 bits per heavy atom. The van der Waals surface area contributed by atoms with E-state index >= 15 is 0 Å². The molecular weight excluding hydrogens is 207 g/mol. The van der Waals surface area contributed by atoms with Crippen molar-refractivity contribution in [3.8, 4) is 11.6 Å². The SMILES string of the molecule is CC1OP(C#Cc2ccccc2)OC1C. The minimum absolute atomic E-state index is 0.154. The van der Waals surface area contributed by atoms with Gasteiger partial charge >= 0.3 is 0 Å². The van der Waals surface area contributed by atoms with Gasteiger partial charge in [0.1, 0.15) is 0 Å². The molecule has 0 aromatic heterocycles. The van der Waals surface area contributed by atoms with Gasteiger partial charge in [-0.3, -0.25) is 0 Å². The average Bonchev–Trinajstić information content (AvgIpc) is 2.57. The Kier molecular flexibility index (Phi) is 3.38. The lowest BCUT2D eigenvalue weighted by atomic mass is 10.2. The Bertz CT molecular complexity index is 370. The highest BCUT2D eigenvalue weighted by Crippen LogP contribution is 2.47. The van der Waals surface area contributed by atoms with Gasteiger partial charge < -0.3 is 9.05 Å². The summed E-state index contributed by atoms with van der Waals surface area (Å²) in [5.74, 6) is 3.06. The molecule has 1 saturated heterocycles. The van der Waals surface area contributed by atoms with E-state index in [1.54, 1.807) is 0 Å². The molecule has 0 aliphatic carbocycles. The van der Waals surface area contributed by atoms with Crippen molar-refractivity contribution in [1.29, 1.82) is 0 Å². The van der Waals surface area contributed by atoms with Crippen LogP contribution >= 0.6 is 8.38 Å². The van der Waals surface area contributed by atoms with Crippen LogP contribution in [-0.4, -0.2) is 12.2 Å². The second-order valence-electron chi connectivity index (χ2n) is 3.48. The van der Waals surface area contributed by atoms with E-state index in [0.29, 0.717) is 0 Å². The average molecular weight is 220 g/mol. The molecule has 1 aliphatic rings. The molecular formula is C12H13O2P. The van der Waals surface area contributed by atoms with Crippen molar-refractivity contribution in [2.75, 3.05) is 0 Å². The standard InChI is InChI=1S/C12H13O2P/c1-10-11(2)14-15(13-10)9-8-12-6-4-3-5-7-12/h3-7,10-11H,1-2H3. The maximum atomic E-state index is 5.56. The van der Waals surface area contributed by atoms with Crippen molar-refractivity contribution < 1.29 is 9.05 Å². The Morgan fingerprint density at radius 1 is 1.07 bits per heavy atom. The van der Waals surface area contributed by atoms with Crippen LogP contribution in [0, 0.1) is 11.6 Å². The van der Waals surface area contributed by atoms with Crippen molar-refractivity contribution in [1.82, 2.24) is 0 Å². The number of benzene rings is 1. The molecule has 0 spiro atoms. The molecule has 0 bridgehead atoms. The molecule has 15 heavy (non-hydrogen) atoms. The Balaban J connectivity index is 2.02. The van der Waals surface area contributed by atoms with E-state index in [4.69, 9.17) is 9.05 Å². The van der Waals surface area contributed by atoms with Gasteiger partial charge in [-0.15, -0.1) is 0 Å². The number of rotatable bonds is 0. The van der Waals surface area contributed by atoms with Crippen LogP contribution in [-0.2, 0) is 9.05 Å². The van der Waals surface area contributed by atoms with Crippen molar-refractivity contribution in [3.63, 3.8) is 0 Å². The van der Waals surface area contributed by atoms with Gasteiger partial charge in [0.25, 0.3) is 8.38 Å². The molecule has 2 rings (SSSR count). The molecule has 1 aromatic carbocycles. The minimum atomic E-state index is -1.01. The molecule has 1 fully saturated rings. The Hall–Kier alpha value is -0.870. The molecule has 0 amide bonds. The van der Waals surface area contributed by atoms with E-state index in [0.717, 1.165) is 5.56 Å². The molecule has 0 radical (unpaired) electrons. The third-order valence-corrected chi connectivity index (χ3v) is 3.59. The summed E-state index contributed by atoms with van der Waals surface area (Å²) in [6.45, 7) is 4.02. The second kappa shape index (κ2) is 4.77. The molecule has 0 saturated carbocycles. The maximum absolute atomic E-state index is 5.56. The van der Waals surface area contributed by atoms with E-state index in [1.165, 1.54) is 0 Å². The zero-order valence-electron chi connectivity index (χ0n) is 8.81. The fourth-order valence-corrected chi connectivity index (χ4v) is 2.51. The largest absolute Gasteiger partial charge is 0.319 e. The van der Waals surface area contributed by atoms with Crippen LogP contribution in [0.25, 0.3) is 0 Å². The van der Waals surface area contributed by atoms with Crippen LogP contribution in [0.5, 0.6) is 0 Å². The van der Waals surface area contributed by atoms with Crippen LogP contribution in [0.1, 0.15) is 19.4 Å². The zero-order chi connectivity index (χ0) is 10.7. The first-order chi connectivity index (χ1) is 7.25. The highest BCUT2D eigenvalue weighted by atomic mass is 31.2. The molecule has 1 aromatic rings. The maximum Gasteiger partial charge on any atom is 0.257 e. The minimum Gasteiger partial charge on any atom is -0.319 e. The van der Waals surface area contributed by atoms with Gasteiger partial charge in [0.2, 0.25) is 0 Å². The first kappa shape index (κ1) is 10.6. The smallest absolute Gasteiger partial charge is 0.257 e. The lowest BCUT2D eigenvalue weighted by Crippen LogP contribution is -2.13. The van der Waals surface area contributed by atoms with E-state index in [1.807, 2.05) is 44.2 Å². The van der Waals surface area contributed by atoms with Crippen LogP contribution < -0.4 is 0 Å². The van der Waals surface area contributed by atoms with Crippen LogP contribution in [0.4, 0.5) is 0 Å². The highest BCUT2D eigenvalue weighted by Gasteiger charge is 2.29. The van der Waals surface area contributed by atoms with Crippen molar-refractivity contribution in [3.05, 3.63) is 35.9 Å². The number of hydrogen-bond acceptors (Lipinski definition) is 2. The van der Waals surface area contributed by atoms with E-state index < -0.39 is 8.38 Å². The Labute approximate surface area is 91.5 Å². The van der Waals surface area contributed by atoms with Gasteiger partial charge in [-0.2, -0.15) is 0 Å². The summed E-state index contributed by atoms with van der Waals surface area (Å²) in [7, 11) is -1.01. The first-order valence-electron chi connectivity index (χ1n) is 4.96. The molecule has 2 atom stereocenters. The van der Waals surface area contributed by atoms with Crippen LogP contribution in [0.15, 0.2) is 30.3 Å². The molecule has 78 valence electrons. The van der Waals surface area contributed by atoms with E-state index in [-0.39, 0.29) is 12.2 Å². The summed E-state index contributed by atoms with van der Waals surface area (Å²) in [5, 5.41) is 0. The predicted octanol–water partition coefficient (Wildman–Crippen LogP) is 3.13. The topological polar surface area (TPSA) is 18.5 Å². The van der Waals surface area contributed by atoms with Crippen LogP contribution in [0.3, 0.4) is 0 Å². The second-order valence-corrected chi connectivity index (χ2v) is 4.64. The van der Waals surface area contributed by atoms with Gasteiger partial charge in [0, 0.05) is 5.56 Å². The van der Waals surface area contributed by atoms with Gasteiger partial charge in [-0.05, 0) is 31.6 Å². The van der Waals surface area contributed by atoms with Crippen molar-refractivity contribution in [2.24, 2.45) is 0 Å². The summed E-state index contributed by atoms with van der Waals surface area (Å²) in [6, 6.07) is 9.87. The summed E-state index contributed by atoms with van der Waals surface area (Å²) in [5.41, 5.74) is 4.03. The van der Waals surface area contributed by atoms with Crippen molar-refractivity contribution >= 4 is 8.38 Å². The molecule has 2 unspecified atom stereocenters. The Morgan fingerprint density at radius 2 is 1.67 bits per heavy atom. The van der Waals surface area contributed by atoms with E-state index in [9.17, 15) is 0 Å². The molecule has 2 nitrogen and oxygen atoms in total. The summed E-state index contributed by atoms with van der Waals surface area (Å²) in [6.07, 6.45) is 0.308. The monoisotopic (exact) mass is 220 g/mol. The summed E-state index contributed by atoms with van der Waals surface area (Å²) < 4.78 is 11.1. The molecule has 3 heteroatoms. The first-order valence-corrected chi connectivity index (χ1v) is 6.14. The van der Waals surface area contributed by atoms with E-state index in [2.05, 4.69) is 11.6 Å². The molecule has 1 heterocycles. The quantitative estimate of drug-likeness (QED) is 0.494. The highest BCUT2D eigenvalue weighted by molar-refractivity contribution is 7.53. The fourth-order valence-electron chi connectivity index (χ4n) is 1.18. The zero-order valence-corrected chi connectivity index (χ0v) is 9.70. The summed E-state index contributed by atoms with van der Waals surface area (Å²) >= 11 is 0. The lowest BCUT2D eigenvalue weighted by molar-refractivity contribution is 0.187. The van der Waals surface area contributed by atoms with Gasteiger partial charge in [-0.1, -0.05) is 24.1 Å². The number of hydrogen-bond donors (Lipinski definition) is 0. The van der Waals surface area contributed by atoms with Gasteiger partial charge in [-0.25, -0.2) is 0 Å². The summed E-state index contributed by atoms with van der Waals surface area (Å²) in [4.78, 5) is 0. The lowest BCUT2D eigenvalue weighted by Gasteiger charge is -2.01. The normalized spacial score (nSPS) is 29.6. The third kappa shape index (κ3) is 2.79. The van der Waals surface area contributed by atoms with Crippen LogP contribution in [0.2, 0.25) is 0 Å². The third-order valence-electron chi connectivity index (χ3n) is 2.25. The van der Waals surface area contributed by atoms with Gasteiger partial charge in [0.15, 0.2) is 0 Å². The fraction of sp³-hybridized carbons (Fsp3) is 0.333. The molecule has 0 N–H and O–H groups in total.